The van der Waals surface area contributed by atoms with Gasteiger partial charge in [-0.2, -0.15) is 0 Å². The summed E-state index contributed by atoms with van der Waals surface area (Å²) < 4.78 is 5.26. The molecule has 0 atom stereocenters. The van der Waals surface area contributed by atoms with Crippen molar-refractivity contribution in [3.8, 4) is 5.75 Å². The first-order valence-electron chi connectivity index (χ1n) is 7.82. The molecular formula is C17H28N2O2. The second kappa shape index (κ2) is 7.14. The highest BCUT2D eigenvalue weighted by molar-refractivity contribution is 5.50. The molecule has 0 amide bonds. The molecule has 0 saturated carbocycles. The highest BCUT2D eigenvalue weighted by Crippen LogP contribution is 2.28. The number of methoxy groups -OCH3 is 1. The van der Waals surface area contributed by atoms with Crippen LogP contribution in [0, 0.1) is 5.92 Å². The second-order valence-electron chi connectivity index (χ2n) is 6.49. The van der Waals surface area contributed by atoms with Crippen LogP contribution in [0.1, 0.15) is 26.7 Å². The molecule has 1 aliphatic rings. The molecule has 2 rings (SSSR count). The number of benzene rings is 1. The van der Waals surface area contributed by atoms with E-state index in [1.165, 1.54) is 0 Å². The Kier molecular flexibility index (Phi) is 5.48. The van der Waals surface area contributed by atoms with Gasteiger partial charge in [0.1, 0.15) is 5.75 Å². The third-order valence-corrected chi connectivity index (χ3v) is 4.22. The average Bonchev–Trinajstić information content (AvgIpc) is 2.49. The average molecular weight is 292 g/mol. The van der Waals surface area contributed by atoms with Gasteiger partial charge in [-0.15, -0.1) is 0 Å². The van der Waals surface area contributed by atoms with Gasteiger partial charge in [0.05, 0.1) is 19.3 Å². The number of piperidine rings is 1. The van der Waals surface area contributed by atoms with Gasteiger partial charge in [-0.1, -0.05) is 19.9 Å². The fourth-order valence-electron chi connectivity index (χ4n) is 3.01. The Labute approximate surface area is 128 Å². The maximum absolute atomic E-state index is 9.89. The largest absolute Gasteiger partial charge is 0.497 e. The van der Waals surface area contributed by atoms with Crippen LogP contribution < -0.4 is 10.1 Å². The minimum absolute atomic E-state index is 0.166. The fourth-order valence-corrected chi connectivity index (χ4v) is 3.01. The maximum atomic E-state index is 9.89. The Hall–Kier alpha value is -1.26. The van der Waals surface area contributed by atoms with Crippen LogP contribution in [0.4, 0.5) is 5.69 Å². The molecule has 0 aromatic heterocycles. The summed E-state index contributed by atoms with van der Waals surface area (Å²) in [6.07, 6.45) is 1.93. The van der Waals surface area contributed by atoms with Gasteiger partial charge in [0, 0.05) is 31.4 Å². The van der Waals surface area contributed by atoms with E-state index in [0.29, 0.717) is 5.92 Å². The molecule has 1 aromatic carbocycles. The number of aliphatic hydroxyl groups excluding tert-OH is 1. The number of hydrogen-bond acceptors (Lipinski definition) is 4. The van der Waals surface area contributed by atoms with E-state index in [1.54, 1.807) is 7.11 Å². The van der Waals surface area contributed by atoms with Gasteiger partial charge < -0.3 is 20.1 Å². The summed E-state index contributed by atoms with van der Waals surface area (Å²) in [5.74, 6) is 1.53. The third-order valence-electron chi connectivity index (χ3n) is 4.22. The minimum Gasteiger partial charge on any atom is -0.497 e. The van der Waals surface area contributed by atoms with Gasteiger partial charge in [0.2, 0.25) is 0 Å². The van der Waals surface area contributed by atoms with Crippen molar-refractivity contribution in [1.82, 2.24) is 4.90 Å². The van der Waals surface area contributed by atoms with E-state index in [9.17, 15) is 5.11 Å². The van der Waals surface area contributed by atoms with E-state index in [2.05, 4.69) is 24.1 Å². The zero-order valence-electron chi connectivity index (χ0n) is 13.4. The lowest BCUT2D eigenvalue weighted by atomic mass is 9.87. The van der Waals surface area contributed by atoms with Crippen molar-refractivity contribution in [2.75, 3.05) is 38.7 Å². The predicted molar refractivity (Wildman–Crippen MR) is 86.9 cm³/mol. The number of rotatable bonds is 6. The molecule has 0 unspecified atom stereocenters. The number of aliphatic hydroxyl groups is 1. The quantitative estimate of drug-likeness (QED) is 0.846. The highest BCUT2D eigenvalue weighted by atomic mass is 16.5. The van der Waals surface area contributed by atoms with Gasteiger partial charge in [-0.05, 0) is 30.9 Å². The van der Waals surface area contributed by atoms with E-state index in [0.717, 1.165) is 43.9 Å². The first-order valence-corrected chi connectivity index (χ1v) is 7.82. The summed E-state index contributed by atoms with van der Waals surface area (Å²) in [5.41, 5.74) is 0.806. The van der Waals surface area contributed by atoms with Crippen molar-refractivity contribution in [3.05, 3.63) is 24.3 Å². The number of anilines is 1. The van der Waals surface area contributed by atoms with E-state index < -0.39 is 0 Å². The lowest BCUT2D eigenvalue weighted by molar-refractivity contribution is 0.111. The van der Waals surface area contributed by atoms with Gasteiger partial charge >= 0.3 is 0 Å². The van der Waals surface area contributed by atoms with Crippen molar-refractivity contribution < 1.29 is 9.84 Å². The number of likely N-dealkylation sites (tertiary alicyclic amines) is 1. The molecule has 0 spiro atoms. The molecule has 1 aliphatic heterocycles. The van der Waals surface area contributed by atoms with Gasteiger partial charge in [-0.3, -0.25) is 0 Å². The monoisotopic (exact) mass is 292 g/mol. The minimum atomic E-state index is -0.208. The number of ether oxygens (including phenoxy) is 1. The lowest BCUT2D eigenvalue weighted by Crippen LogP contribution is -2.52. The smallest absolute Gasteiger partial charge is 0.120 e. The SMILES string of the molecule is COc1cccc(NC2(CO)CCN(CC(C)C)CC2)c1. The molecule has 1 fully saturated rings. The molecule has 0 aliphatic carbocycles. The van der Waals surface area contributed by atoms with E-state index in [1.807, 2.05) is 24.3 Å². The van der Waals surface area contributed by atoms with E-state index in [-0.39, 0.29) is 12.1 Å². The summed E-state index contributed by atoms with van der Waals surface area (Å²) in [7, 11) is 1.67. The molecule has 1 heterocycles. The molecule has 4 nitrogen and oxygen atoms in total. The Balaban J connectivity index is 1.99. The standard InChI is InChI=1S/C17H28N2O2/c1-14(2)12-19-9-7-17(13-20,8-10-19)18-15-5-4-6-16(11-15)21-3/h4-6,11,14,18,20H,7-10,12-13H2,1-3H3. The Morgan fingerprint density at radius 3 is 2.62 bits per heavy atom. The van der Waals surface area contributed by atoms with Crippen LogP contribution in [0.15, 0.2) is 24.3 Å². The van der Waals surface area contributed by atoms with Crippen molar-refractivity contribution in [2.24, 2.45) is 5.92 Å². The van der Waals surface area contributed by atoms with Gasteiger partial charge in [-0.25, -0.2) is 0 Å². The number of nitrogens with zero attached hydrogens (tertiary/aromatic N) is 1. The number of nitrogens with one attached hydrogen (secondary N) is 1. The van der Waals surface area contributed by atoms with Crippen LogP contribution in [-0.2, 0) is 0 Å². The molecule has 1 aromatic rings. The van der Waals surface area contributed by atoms with Crippen LogP contribution in [0.2, 0.25) is 0 Å². The molecule has 21 heavy (non-hydrogen) atoms. The molecule has 4 heteroatoms. The third kappa shape index (κ3) is 4.35. The summed E-state index contributed by atoms with van der Waals surface area (Å²) >= 11 is 0. The van der Waals surface area contributed by atoms with Gasteiger partial charge in [0.15, 0.2) is 0 Å². The second-order valence-corrected chi connectivity index (χ2v) is 6.49. The molecule has 118 valence electrons. The molecule has 0 bridgehead atoms. The van der Waals surface area contributed by atoms with E-state index in [4.69, 9.17) is 4.74 Å². The maximum Gasteiger partial charge on any atom is 0.120 e. The van der Waals surface area contributed by atoms with Crippen molar-refractivity contribution >= 4 is 5.69 Å². The fraction of sp³-hybridized carbons (Fsp3) is 0.647. The van der Waals surface area contributed by atoms with Crippen LogP contribution in [0.3, 0.4) is 0 Å². The Morgan fingerprint density at radius 1 is 1.33 bits per heavy atom. The molecule has 2 N–H and O–H groups in total. The van der Waals surface area contributed by atoms with Crippen LogP contribution in [-0.4, -0.2) is 48.9 Å². The normalized spacial score (nSPS) is 18.7. The Bertz CT molecular complexity index is 440. The van der Waals surface area contributed by atoms with Crippen molar-refractivity contribution in [1.29, 1.82) is 0 Å². The molecule has 0 radical (unpaired) electrons. The summed E-state index contributed by atoms with van der Waals surface area (Å²) in [6, 6.07) is 7.92. The summed E-state index contributed by atoms with van der Waals surface area (Å²) in [6.45, 7) is 7.89. The van der Waals surface area contributed by atoms with Crippen LogP contribution in [0.25, 0.3) is 0 Å². The predicted octanol–water partition coefficient (Wildman–Crippen LogP) is 2.59. The zero-order valence-corrected chi connectivity index (χ0v) is 13.4. The van der Waals surface area contributed by atoms with Crippen LogP contribution >= 0.6 is 0 Å². The number of hydrogen-bond donors (Lipinski definition) is 2. The van der Waals surface area contributed by atoms with Crippen LogP contribution in [0.5, 0.6) is 5.75 Å². The molecule has 1 saturated heterocycles. The highest BCUT2D eigenvalue weighted by Gasteiger charge is 2.34. The van der Waals surface area contributed by atoms with Gasteiger partial charge in [0.25, 0.3) is 0 Å². The first-order chi connectivity index (χ1) is 10.1. The topological polar surface area (TPSA) is 44.7 Å². The first kappa shape index (κ1) is 16.1. The van der Waals surface area contributed by atoms with Crippen molar-refractivity contribution in [3.63, 3.8) is 0 Å². The summed E-state index contributed by atoms with van der Waals surface area (Å²) in [4.78, 5) is 2.49. The Morgan fingerprint density at radius 2 is 2.05 bits per heavy atom. The van der Waals surface area contributed by atoms with Crippen molar-refractivity contribution in [2.45, 2.75) is 32.2 Å². The zero-order chi connectivity index (χ0) is 15.3. The lowest BCUT2D eigenvalue weighted by Gasteiger charge is -2.42. The van der Waals surface area contributed by atoms with E-state index >= 15 is 0 Å². The summed E-state index contributed by atoms with van der Waals surface area (Å²) in [5, 5.41) is 13.4. The molecular weight excluding hydrogens is 264 g/mol.